The van der Waals surface area contributed by atoms with Crippen LogP contribution >= 0.6 is 0 Å². The molecule has 116 valence electrons. The highest BCUT2D eigenvalue weighted by molar-refractivity contribution is 7.89. The van der Waals surface area contributed by atoms with Gasteiger partial charge in [0.25, 0.3) is 0 Å². The van der Waals surface area contributed by atoms with Crippen LogP contribution in [-0.4, -0.2) is 33.5 Å². The Labute approximate surface area is 125 Å². The number of carbonyl (C=O) groups excluding carboxylic acids is 1. The normalized spacial score (nSPS) is 14.9. The molecular weight excluding hydrogens is 290 g/mol. The lowest BCUT2D eigenvalue weighted by atomic mass is 10.3. The highest BCUT2D eigenvalue weighted by Gasteiger charge is 2.28. The zero-order valence-corrected chi connectivity index (χ0v) is 12.9. The maximum Gasteiger partial charge on any atom is 0.240 e. The molecule has 1 aromatic carbocycles. The molecule has 0 atom stereocenters. The van der Waals surface area contributed by atoms with Crippen LogP contribution in [-0.2, 0) is 14.8 Å². The molecule has 0 heterocycles. The van der Waals surface area contributed by atoms with E-state index in [1.165, 1.54) is 12.1 Å². The van der Waals surface area contributed by atoms with Crippen molar-refractivity contribution in [2.45, 2.75) is 37.1 Å². The van der Waals surface area contributed by atoms with Crippen molar-refractivity contribution in [1.29, 1.82) is 0 Å². The lowest BCUT2D eigenvalue weighted by Gasteiger charge is -2.09. The zero-order valence-electron chi connectivity index (χ0n) is 12.1. The maximum atomic E-state index is 12.1. The Balaban J connectivity index is 1.98. The third kappa shape index (κ3) is 5.11. The fraction of sp³-hybridized carbons (Fsp3) is 0.500. The zero-order chi connectivity index (χ0) is 15.3. The Hall–Kier alpha value is -1.44. The Morgan fingerprint density at radius 3 is 2.76 bits per heavy atom. The van der Waals surface area contributed by atoms with Crippen molar-refractivity contribution in [3.63, 3.8) is 0 Å². The summed E-state index contributed by atoms with van der Waals surface area (Å²) < 4.78 is 26.8. The molecule has 6 nitrogen and oxygen atoms in total. The Bertz CT molecular complexity index is 597. The van der Waals surface area contributed by atoms with Gasteiger partial charge in [0, 0.05) is 24.7 Å². The molecule has 21 heavy (non-hydrogen) atoms. The van der Waals surface area contributed by atoms with E-state index in [0.717, 1.165) is 19.4 Å². The number of carbonyl (C=O) groups is 1. The van der Waals surface area contributed by atoms with Gasteiger partial charge in [-0.25, -0.2) is 13.1 Å². The fourth-order valence-corrected chi connectivity index (χ4v) is 3.18. The minimum Gasteiger partial charge on any atom is -0.326 e. The van der Waals surface area contributed by atoms with Gasteiger partial charge in [-0.1, -0.05) is 13.0 Å². The first kappa shape index (κ1) is 15.9. The largest absolute Gasteiger partial charge is 0.326 e. The summed E-state index contributed by atoms with van der Waals surface area (Å²) in [6.45, 7) is 3.39. The molecular formula is C14H21N3O3S. The lowest BCUT2D eigenvalue weighted by molar-refractivity contribution is -0.116. The molecule has 0 saturated heterocycles. The van der Waals surface area contributed by atoms with Gasteiger partial charge in [-0.15, -0.1) is 0 Å². The number of hydrogen-bond acceptors (Lipinski definition) is 4. The third-order valence-corrected chi connectivity index (χ3v) is 4.62. The summed E-state index contributed by atoms with van der Waals surface area (Å²) in [5.41, 5.74) is 0.496. The second kappa shape index (κ2) is 7.02. The Kier molecular flexibility index (Phi) is 5.33. The van der Waals surface area contributed by atoms with E-state index in [-0.39, 0.29) is 16.8 Å². The van der Waals surface area contributed by atoms with E-state index in [0.29, 0.717) is 18.7 Å². The summed E-state index contributed by atoms with van der Waals surface area (Å²) in [7, 11) is -3.49. The van der Waals surface area contributed by atoms with Crippen LogP contribution in [0.15, 0.2) is 29.2 Å². The molecule has 1 saturated carbocycles. The van der Waals surface area contributed by atoms with Gasteiger partial charge >= 0.3 is 0 Å². The van der Waals surface area contributed by atoms with Crippen molar-refractivity contribution in [3.8, 4) is 0 Å². The van der Waals surface area contributed by atoms with Crippen LogP contribution in [0.3, 0.4) is 0 Å². The molecule has 2 rings (SSSR count). The van der Waals surface area contributed by atoms with Crippen LogP contribution in [0.1, 0.15) is 26.2 Å². The first-order valence-corrected chi connectivity index (χ1v) is 8.62. The quantitative estimate of drug-likeness (QED) is 0.627. The van der Waals surface area contributed by atoms with Gasteiger partial charge in [0.1, 0.15) is 0 Å². The lowest BCUT2D eigenvalue weighted by Crippen LogP contribution is -2.26. The van der Waals surface area contributed by atoms with Crippen molar-refractivity contribution < 1.29 is 13.2 Å². The van der Waals surface area contributed by atoms with E-state index in [4.69, 9.17) is 0 Å². The molecule has 1 fully saturated rings. The molecule has 0 unspecified atom stereocenters. The van der Waals surface area contributed by atoms with E-state index in [9.17, 15) is 13.2 Å². The summed E-state index contributed by atoms with van der Waals surface area (Å²) in [6.07, 6.45) is 2.13. The molecule has 0 radical (unpaired) electrons. The first-order valence-electron chi connectivity index (χ1n) is 7.14. The fourth-order valence-electron chi connectivity index (χ4n) is 1.83. The molecule has 3 N–H and O–H groups in total. The molecule has 0 aromatic heterocycles. The standard InChI is InChI=1S/C14H21N3O3S/c1-2-15-9-8-14(18)16-12-4-3-5-13(10-12)21(19,20)17-11-6-7-11/h3-5,10-11,15,17H,2,6-9H2,1H3,(H,16,18). The summed E-state index contributed by atoms with van der Waals surface area (Å²) in [5, 5.41) is 5.77. The minimum absolute atomic E-state index is 0.0633. The van der Waals surface area contributed by atoms with Crippen LogP contribution in [0.25, 0.3) is 0 Å². The number of amides is 1. The average Bonchev–Trinajstić information content (AvgIpc) is 3.22. The van der Waals surface area contributed by atoms with Crippen molar-refractivity contribution in [1.82, 2.24) is 10.0 Å². The maximum absolute atomic E-state index is 12.1. The monoisotopic (exact) mass is 311 g/mol. The topological polar surface area (TPSA) is 87.3 Å². The third-order valence-electron chi connectivity index (χ3n) is 3.11. The second-order valence-corrected chi connectivity index (χ2v) is 6.79. The van der Waals surface area contributed by atoms with Gasteiger partial charge in [0.05, 0.1) is 4.90 Å². The van der Waals surface area contributed by atoms with Crippen molar-refractivity contribution in [3.05, 3.63) is 24.3 Å². The summed E-state index contributed by atoms with van der Waals surface area (Å²) >= 11 is 0. The predicted octanol–water partition coefficient (Wildman–Crippen LogP) is 1.07. The first-order chi connectivity index (χ1) is 10.0. The predicted molar refractivity (Wildman–Crippen MR) is 81.6 cm³/mol. The van der Waals surface area contributed by atoms with Gasteiger partial charge in [-0.3, -0.25) is 4.79 Å². The van der Waals surface area contributed by atoms with Crippen LogP contribution in [0.5, 0.6) is 0 Å². The number of nitrogens with one attached hydrogen (secondary N) is 3. The van der Waals surface area contributed by atoms with Crippen molar-refractivity contribution in [2.75, 3.05) is 18.4 Å². The van der Waals surface area contributed by atoms with Gasteiger partial charge in [-0.2, -0.15) is 0 Å². The van der Waals surface area contributed by atoms with Crippen molar-refractivity contribution in [2.24, 2.45) is 0 Å². The Morgan fingerprint density at radius 2 is 2.10 bits per heavy atom. The summed E-state index contributed by atoms with van der Waals surface area (Å²) in [4.78, 5) is 11.9. The minimum atomic E-state index is -3.49. The van der Waals surface area contributed by atoms with Crippen LogP contribution in [0, 0.1) is 0 Å². The highest BCUT2D eigenvalue weighted by Crippen LogP contribution is 2.23. The molecule has 0 spiro atoms. The molecule has 0 aliphatic heterocycles. The van der Waals surface area contributed by atoms with Gasteiger partial charge in [-0.05, 0) is 37.6 Å². The average molecular weight is 311 g/mol. The number of anilines is 1. The molecule has 7 heteroatoms. The van der Waals surface area contributed by atoms with Crippen LogP contribution in [0.4, 0.5) is 5.69 Å². The van der Waals surface area contributed by atoms with E-state index in [2.05, 4.69) is 15.4 Å². The number of rotatable bonds is 8. The molecule has 1 amide bonds. The van der Waals surface area contributed by atoms with Crippen molar-refractivity contribution >= 4 is 21.6 Å². The van der Waals surface area contributed by atoms with E-state index in [1.54, 1.807) is 12.1 Å². The SMILES string of the molecule is CCNCCC(=O)Nc1cccc(S(=O)(=O)NC2CC2)c1. The number of sulfonamides is 1. The summed E-state index contributed by atoms with van der Waals surface area (Å²) in [6, 6.07) is 6.38. The van der Waals surface area contributed by atoms with E-state index < -0.39 is 10.0 Å². The molecule has 1 aliphatic carbocycles. The molecule has 1 aliphatic rings. The number of benzene rings is 1. The van der Waals surface area contributed by atoms with E-state index in [1.807, 2.05) is 6.92 Å². The number of hydrogen-bond donors (Lipinski definition) is 3. The van der Waals surface area contributed by atoms with Gasteiger partial charge in [0.15, 0.2) is 0 Å². The smallest absolute Gasteiger partial charge is 0.240 e. The molecule has 0 bridgehead atoms. The van der Waals surface area contributed by atoms with Gasteiger partial charge in [0.2, 0.25) is 15.9 Å². The van der Waals surface area contributed by atoms with Crippen LogP contribution in [0.2, 0.25) is 0 Å². The van der Waals surface area contributed by atoms with Gasteiger partial charge < -0.3 is 10.6 Å². The second-order valence-electron chi connectivity index (χ2n) is 5.08. The molecule has 1 aromatic rings. The van der Waals surface area contributed by atoms with Crippen LogP contribution < -0.4 is 15.4 Å². The highest BCUT2D eigenvalue weighted by atomic mass is 32.2. The summed E-state index contributed by atoms with van der Waals surface area (Å²) in [5.74, 6) is -0.138. The Morgan fingerprint density at radius 1 is 1.33 bits per heavy atom. The van der Waals surface area contributed by atoms with E-state index >= 15 is 0 Å².